The van der Waals surface area contributed by atoms with Crippen LogP contribution in [-0.4, -0.2) is 226 Å². The van der Waals surface area contributed by atoms with Gasteiger partial charge in [0.25, 0.3) is 5.91 Å². The first kappa shape index (κ1) is 71.8. The Kier molecular flexibility index (Phi) is 26.9. The summed E-state index contributed by atoms with van der Waals surface area (Å²) in [6, 6.07) is 1.39. The van der Waals surface area contributed by atoms with Crippen LogP contribution in [0.25, 0.3) is 0 Å². The highest BCUT2D eigenvalue weighted by Crippen LogP contribution is 2.44. The van der Waals surface area contributed by atoms with Crippen LogP contribution in [-0.2, 0) is 66.5 Å². The van der Waals surface area contributed by atoms with Crippen LogP contribution in [0.5, 0.6) is 11.5 Å². The van der Waals surface area contributed by atoms with Crippen LogP contribution in [0.1, 0.15) is 64.2 Å². The fourth-order valence-electron chi connectivity index (χ4n) is 10.8. The molecule has 19 atom stereocenters. The minimum absolute atomic E-state index is 0.0843. The van der Waals surface area contributed by atoms with Gasteiger partial charge in [-0.2, -0.15) is 17.2 Å². The summed E-state index contributed by atoms with van der Waals surface area (Å²) >= 11 is 1.47. The summed E-state index contributed by atoms with van der Waals surface area (Å²) in [6.07, 6.45) is -11.7. The van der Waals surface area contributed by atoms with Gasteiger partial charge in [-0.15, -0.1) is 0 Å². The van der Waals surface area contributed by atoms with Gasteiger partial charge in [-0.05, 0) is 55.3 Å². The number of esters is 1. The molecule has 4 aliphatic heterocycles. The molecule has 0 aromatic heterocycles. The molecule has 4 saturated heterocycles. The molecule has 8 N–H and O–H groups in total. The number of rotatable bonds is 25. The van der Waals surface area contributed by atoms with E-state index in [1.165, 1.54) is 95.7 Å². The van der Waals surface area contributed by atoms with Crippen molar-refractivity contribution >= 4 is 72.6 Å². The summed E-state index contributed by atoms with van der Waals surface area (Å²) in [6.45, 7) is 12.6. The van der Waals surface area contributed by atoms with E-state index < -0.39 is 134 Å². The Morgan fingerprint density at radius 3 is 2.22 bits per heavy atom. The SMILES string of the molecule is C=C(OC)C(=O)Nc1cc(OC)c(OC)cc1C(=O)O[C@H]1CC(O[C@@H]2C(=O)C(NC(=O)OC)=C3/C(=C\CSSSC)[C@]2(O)C#C/C=C\C#C[C@@H]3O[C@H]2O[C@@H](C)[C@@H](NO[C@H]3C[C@H](O)[C@H](SC)[C@@H](C)O3)[C@H](O)[C@@H]2O[C@H]2C[C@H](OC)[C@@H](NC(C)C)CO2)O[C@@H](C)[C@@H]1O. The van der Waals surface area contributed by atoms with E-state index in [1.54, 1.807) is 20.1 Å². The van der Waals surface area contributed by atoms with Crippen LogP contribution in [0.4, 0.5) is 10.5 Å². The molecule has 492 valence electrons. The summed E-state index contributed by atoms with van der Waals surface area (Å²) in [4.78, 5) is 62.5. The Morgan fingerprint density at radius 1 is 0.854 bits per heavy atom. The average molecular weight is 1330 g/mol. The van der Waals surface area contributed by atoms with E-state index in [0.717, 1.165) is 7.11 Å². The van der Waals surface area contributed by atoms with Gasteiger partial charge in [0.2, 0.25) is 5.78 Å². The highest BCUT2D eigenvalue weighted by atomic mass is 33.5. The maximum Gasteiger partial charge on any atom is 0.411 e. The Bertz CT molecular complexity index is 2890. The molecule has 30 heteroatoms. The predicted molar refractivity (Wildman–Crippen MR) is 330 cm³/mol. The number of hydrogen-bond acceptors (Lipinski definition) is 28. The van der Waals surface area contributed by atoms with Gasteiger partial charge in [-0.25, -0.2) is 9.59 Å². The highest BCUT2D eigenvalue weighted by Gasteiger charge is 2.57. The number of aliphatic hydroxyl groups is 4. The number of amides is 2. The van der Waals surface area contributed by atoms with E-state index in [-0.39, 0.29) is 88.3 Å². The zero-order valence-electron chi connectivity index (χ0n) is 51.4. The molecule has 2 aliphatic carbocycles. The summed E-state index contributed by atoms with van der Waals surface area (Å²) < 4.78 is 77.9. The van der Waals surface area contributed by atoms with Gasteiger partial charge < -0.3 is 92.6 Å². The monoisotopic (exact) mass is 1320 g/mol. The third kappa shape index (κ3) is 17.6. The fourth-order valence-corrected chi connectivity index (χ4v) is 14.1. The normalized spacial score (nSPS) is 34.4. The number of hydroxylamine groups is 1. The Hall–Kier alpha value is -4.62. The molecule has 0 saturated carbocycles. The molecule has 4 fully saturated rings. The first-order valence-electron chi connectivity index (χ1n) is 28.4. The molecular formula is C59H80N4O22S4. The lowest BCUT2D eigenvalue weighted by Gasteiger charge is -2.47. The lowest BCUT2D eigenvalue weighted by molar-refractivity contribution is -0.336. The van der Waals surface area contributed by atoms with Crippen LogP contribution >= 0.6 is 43.2 Å². The minimum Gasteiger partial charge on any atom is -0.493 e. The number of ether oxygens (including phenoxy) is 13. The van der Waals surface area contributed by atoms with Gasteiger partial charge in [0.05, 0.1) is 99.8 Å². The van der Waals surface area contributed by atoms with Crippen LogP contribution in [0.3, 0.4) is 0 Å². The van der Waals surface area contributed by atoms with Crippen LogP contribution in [0, 0.1) is 23.7 Å². The van der Waals surface area contributed by atoms with Gasteiger partial charge in [0.1, 0.15) is 30.5 Å². The number of benzene rings is 1. The van der Waals surface area contributed by atoms with Crippen LogP contribution < -0.4 is 30.9 Å². The maximum atomic E-state index is 15.6. The van der Waals surface area contributed by atoms with Crippen molar-refractivity contribution in [3.05, 3.63) is 65.1 Å². The molecule has 2 bridgehead atoms. The molecule has 1 aromatic carbocycles. The molecule has 89 heavy (non-hydrogen) atoms. The minimum atomic E-state index is -2.66. The van der Waals surface area contributed by atoms with Crippen molar-refractivity contribution < 1.29 is 106 Å². The molecular weight excluding hydrogens is 1240 g/mol. The molecule has 26 nitrogen and oxygen atoms in total. The van der Waals surface area contributed by atoms with Crippen molar-refractivity contribution in [3.8, 4) is 35.2 Å². The first-order chi connectivity index (χ1) is 42.5. The number of allylic oxidation sites excluding steroid dienone is 2. The van der Waals surface area contributed by atoms with E-state index >= 15 is 4.79 Å². The van der Waals surface area contributed by atoms with Crippen molar-refractivity contribution in [1.82, 2.24) is 16.1 Å². The average Bonchev–Trinajstić information content (AvgIpc) is 0.971. The second kappa shape index (κ2) is 33.3. The number of ketones is 1. The van der Waals surface area contributed by atoms with E-state index in [9.17, 15) is 34.8 Å². The molecule has 1 aromatic rings. The number of alkyl carbamates (subject to hydrolysis) is 1. The summed E-state index contributed by atoms with van der Waals surface area (Å²) in [5.41, 5.74) is -0.949. The lowest BCUT2D eigenvalue weighted by Crippen LogP contribution is -2.65. The Morgan fingerprint density at radius 2 is 1.56 bits per heavy atom. The number of thioether (sulfide) groups is 1. The number of fused-ring (bicyclic) bond motifs is 2. The topological polar surface area (TPSA) is 327 Å². The number of aliphatic hydroxyl groups excluding tert-OH is 3. The standard InChI is InChI=1S/C59H80N4O22S4/c1-28(2)60-36-27-77-43(25-39(36)73-8)83-52-50(66)47(63-85-45-24-37(64)53(86-12)31(5)79-45)29(3)80-57(52)82-38-18-16-14-15-17-20-59(71)34(19-21-88-89-87-13)46(38)48(62-58(70)76-11)51(67)54(59)84-44-26-42(49(65)30(4)78-44)81-56(69)33-22-40(74-9)41(75-10)23-35(33)61-55(68)32(6)72-7/h14-15,19,22-23,28-31,36-39,42-45,47,49-50,52-54,57,60,63-66,71H,6,21,24-27H2,1-5,7-13H3,(H,61,68)(H,62,70)/b15-14-,34-19+/t29-,30-,31+,36-,37-,38-,39-,42-,43-,44?,45-,47+,49-,50-,52-,53+,54+,57+,59+/m0/s1. The van der Waals surface area contributed by atoms with Gasteiger partial charge in [0, 0.05) is 61.4 Å². The molecule has 2 amide bonds. The fraction of sp³-hybridized carbons (Fsp3) is 0.627. The first-order valence-corrected chi connectivity index (χ1v) is 33.8. The zero-order valence-corrected chi connectivity index (χ0v) is 54.6. The summed E-state index contributed by atoms with van der Waals surface area (Å²) in [5, 5.41) is 56.8. The second-order valence-electron chi connectivity index (χ2n) is 21.4. The molecule has 4 heterocycles. The van der Waals surface area contributed by atoms with Crippen molar-refractivity contribution in [2.24, 2.45) is 0 Å². The van der Waals surface area contributed by atoms with Crippen molar-refractivity contribution in [3.63, 3.8) is 0 Å². The molecule has 6 aliphatic rings. The highest BCUT2D eigenvalue weighted by molar-refractivity contribution is 9.09. The molecule has 7 rings (SSSR count). The number of nitrogens with one attached hydrogen (secondary N) is 4. The lowest BCUT2D eigenvalue weighted by atomic mass is 9.73. The van der Waals surface area contributed by atoms with Crippen molar-refractivity contribution in [2.75, 3.05) is 65.7 Å². The second-order valence-corrected chi connectivity index (χ2v) is 26.8. The van der Waals surface area contributed by atoms with E-state index in [0.29, 0.717) is 0 Å². The maximum absolute atomic E-state index is 15.6. The Labute approximate surface area is 533 Å². The predicted octanol–water partition coefficient (Wildman–Crippen LogP) is 3.42. The summed E-state index contributed by atoms with van der Waals surface area (Å²) in [7, 11) is 10.8. The third-order valence-corrected chi connectivity index (χ3v) is 20.2. The Balaban J connectivity index is 1.27. The number of methoxy groups -OCH3 is 5. The quantitative estimate of drug-likeness (QED) is 0.0132. The number of Topliss-reactive ketones (excluding diaryl/α,β-unsaturated/α-hetero) is 1. The van der Waals surface area contributed by atoms with Crippen LogP contribution in [0.2, 0.25) is 0 Å². The number of carbonyl (C=O) groups excluding carboxylic acids is 4. The van der Waals surface area contributed by atoms with Crippen molar-refractivity contribution in [2.45, 2.75) is 175 Å². The molecule has 0 spiro atoms. The smallest absolute Gasteiger partial charge is 0.411 e. The molecule has 1 unspecified atom stereocenters. The number of hydrogen-bond donors (Lipinski definition) is 8. The number of anilines is 1. The van der Waals surface area contributed by atoms with E-state index in [4.69, 9.17) is 66.4 Å². The molecule has 0 radical (unpaired) electrons. The van der Waals surface area contributed by atoms with Gasteiger partial charge >= 0.3 is 12.1 Å². The van der Waals surface area contributed by atoms with Gasteiger partial charge in [-0.3, -0.25) is 19.7 Å². The summed E-state index contributed by atoms with van der Waals surface area (Å²) in [5.74, 6) is 8.60. The van der Waals surface area contributed by atoms with E-state index in [1.807, 2.05) is 33.3 Å². The van der Waals surface area contributed by atoms with Crippen molar-refractivity contribution in [1.29, 1.82) is 0 Å². The van der Waals surface area contributed by atoms with Crippen LogP contribution in [0.15, 0.2) is 59.5 Å². The number of carbonyl (C=O) groups is 4. The third-order valence-electron chi connectivity index (χ3n) is 15.2. The van der Waals surface area contributed by atoms with Gasteiger partial charge in [-0.1, -0.05) is 71.8 Å². The largest absolute Gasteiger partial charge is 0.493 e. The van der Waals surface area contributed by atoms with E-state index in [2.05, 4.69) is 51.7 Å². The zero-order chi connectivity index (χ0) is 64.9. The van der Waals surface area contributed by atoms with Gasteiger partial charge in [0.15, 0.2) is 54.1 Å².